The van der Waals surface area contributed by atoms with Gasteiger partial charge >= 0.3 is 0 Å². The van der Waals surface area contributed by atoms with Crippen molar-refractivity contribution >= 4 is 13.3 Å². The highest BCUT2D eigenvalue weighted by atomic mass is 28.3. The van der Waals surface area contributed by atoms with Gasteiger partial charge in [-0.15, -0.1) is 0 Å². The second-order valence-corrected chi connectivity index (χ2v) is 14.3. The first-order valence-corrected chi connectivity index (χ1v) is 15.3. The molecule has 0 unspecified atom stereocenters. The molecule has 161 valence electrons. The number of hydrogen-bond donors (Lipinski definition) is 0. The summed E-state index contributed by atoms with van der Waals surface area (Å²) in [6.07, 6.45) is 20.5. The quantitative estimate of drug-likeness (QED) is 0.228. The van der Waals surface area contributed by atoms with Gasteiger partial charge in [-0.05, 0) is 48.3 Å². The van der Waals surface area contributed by atoms with Gasteiger partial charge in [0.1, 0.15) is 0 Å². The summed E-state index contributed by atoms with van der Waals surface area (Å²) < 4.78 is 0. The molecule has 0 aliphatic heterocycles. The lowest BCUT2D eigenvalue weighted by molar-refractivity contribution is 0.661. The summed E-state index contributed by atoms with van der Waals surface area (Å²) in [6.45, 7) is 14.3. The van der Waals surface area contributed by atoms with Gasteiger partial charge in [0, 0.05) is 5.54 Å². The first kappa shape index (κ1) is 24.2. The monoisotopic (exact) mass is 409 g/mol. The van der Waals surface area contributed by atoms with E-state index in [0.29, 0.717) is 5.92 Å². The Morgan fingerprint density at radius 1 is 0.724 bits per heavy atom. The minimum atomic E-state index is -1.65. The van der Waals surface area contributed by atoms with E-state index in [0.717, 1.165) is 0 Å². The van der Waals surface area contributed by atoms with E-state index < -0.39 is 8.07 Å². The largest absolute Gasteiger partial charge is 0.0958 e. The summed E-state index contributed by atoms with van der Waals surface area (Å²) in [5.74, 6) is 0.618. The van der Waals surface area contributed by atoms with Gasteiger partial charge in [-0.25, -0.2) is 0 Å². The molecule has 1 radical (unpaired) electrons. The summed E-state index contributed by atoms with van der Waals surface area (Å²) in [5.41, 5.74) is 6.26. The van der Waals surface area contributed by atoms with Crippen LogP contribution in [0.5, 0.6) is 0 Å². The summed E-state index contributed by atoms with van der Waals surface area (Å²) in [4.78, 5) is 0. The van der Waals surface area contributed by atoms with Crippen molar-refractivity contribution in [1.29, 1.82) is 0 Å². The second kappa shape index (κ2) is 11.9. The number of allylic oxidation sites excluding steroid dienone is 4. The Kier molecular flexibility index (Phi) is 9.96. The van der Waals surface area contributed by atoms with E-state index in [1.54, 1.807) is 21.9 Å². The minimum absolute atomic E-state index is 0.618. The highest BCUT2D eigenvalue weighted by Gasteiger charge is 2.34. The van der Waals surface area contributed by atoms with Gasteiger partial charge in [0.05, 0.1) is 8.07 Å². The van der Waals surface area contributed by atoms with Gasteiger partial charge in [-0.2, -0.15) is 0 Å². The van der Waals surface area contributed by atoms with Crippen LogP contribution >= 0.6 is 0 Å². The van der Waals surface area contributed by atoms with E-state index in [4.69, 9.17) is 0 Å². The topological polar surface area (TPSA) is 0 Å². The molecular formula is C28H45Si. The van der Waals surface area contributed by atoms with E-state index in [9.17, 15) is 0 Å². The Balaban J connectivity index is 2.22. The standard InChI is InChI=1S/C28H45Si/c1-7-9-11-13-15-24-19-25(16-14-12-10-8-2)21-28(20-24)29(5,6)27-18-17-26(22-27)23(3)4/h17-23H,7-16H2,1-6H3. The molecular weight excluding hydrogens is 364 g/mol. The predicted molar refractivity (Wildman–Crippen MR) is 135 cm³/mol. The maximum absolute atomic E-state index is 2.57. The fourth-order valence-electron chi connectivity index (χ4n) is 4.30. The smallest absolute Gasteiger partial charge is 0.0757 e. The van der Waals surface area contributed by atoms with E-state index in [-0.39, 0.29) is 0 Å². The van der Waals surface area contributed by atoms with Crippen LogP contribution in [0.1, 0.15) is 90.2 Å². The lowest BCUT2D eigenvalue weighted by atomic mass is 10.0. The van der Waals surface area contributed by atoms with E-state index in [2.05, 4.69) is 77.2 Å². The molecule has 1 aliphatic rings. The first-order chi connectivity index (χ1) is 13.9. The Bertz CT molecular complexity index is 647. The Morgan fingerprint density at radius 2 is 1.28 bits per heavy atom. The zero-order valence-corrected chi connectivity index (χ0v) is 21.1. The first-order valence-electron chi connectivity index (χ1n) is 12.3. The molecule has 1 aliphatic carbocycles. The van der Waals surface area contributed by atoms with Crippen molar-refractivity contribution < 1.29 is 0 Å². The predicted octanol–water partition coefficient (Wildman–Crippen LogP) is 8.11. The van der Waals surface area contributed by atoms with E-state index in [1.807, 2.05) is 0 Å². The Hall–Kier alpha value is -1.08. The summed E-state index contributed by atoms with van der Waals surface area (Å²) in [5, 5.41) is 1.64. The van der Waals surface area contributed by atoms with Crippen molar-refractivity contribution in [3.8, 4) is 0 Å². The van der Waals surface area contributed by atoms with E-state index in [1.165, 1.54) is 69.8 Å². The van der Waals surface area contributed by atoms with Crippen molar-refractivity contribution in [2.24, 2.45) is 5.92 Å². The van der Waals surface area contributed by atoms with Gasteiger partial charge in [0.2, 0.25) is 0 Å². The molecule has 0 fully saturated rings. The lowest BCUT2D eigenvalue weighted by Crippen LogP contribution is -2.46. The molecule has 1 aromatic rings. The van der Waals surface area contributed by atoms with Crippen LogP contribution in [0.15, 0.2) is 42.0 Å². The van der Waals surface area contributed by atoms with Gasteiger partial charge in [0.15, 0.2) is 0 Å². The molecule has 0 N–H and O–H groups in total. The third-order valence-corrected chi connectivity index (χ3v) is 10.1. The molecule has 1 aromatic carbocycles. The van der Waals surface area contributed by atoms with Crippen LogP contribution in [-0.2, 0) is 12.8 Å². The van der Waals surface area contributed by atoms with Gasteiger partial charge in [0.25, 0.3) is 0 Å². The van der Waals surface area contributed by atoms with Gasteiger partial charge < -0.3 is 0 Å². The van der Waals surface area contributed by atoms with Crippen LogP contribution in [0.3, 0.4) is 0 Å². The highest BCUT2D eigenvalue weighted by Crippen LogP contribution is 2.31. The highest BCUT2D eigenvalue weighted by molar-refractivity contribution is 6.95. The van der Waals surface area contributed by atoms with Crippen molar-refractivity contribution in [3.63, 3.8) is 0 Å². The van der Waals surface area contributed by atoms with Crippen molar-refractivity contribution in [2.75, 3.05) is 0 Å². The molecule has 0 amide bonds. The number of hydrogen-bond acceptors (Lipinski definition) is 0. The molecule has 0 saturated carbocycles. The molecule has 2 rings (SSSR count). The van der Waals surface area contributed by atoms with Gasteiger partial charge in [-0.1, -0.05) is 121 Å². The third-order valence-electron chi connectivity index (χ3n) is 6.58. The molecule has 0 saturated heterocycles. The number of unbranched alkanes of at least 4 members (excludes halogenated alkanes) is 6. The second-order valence-electron chi connectivity index (χ2n) is 9.87. The molecule has 0 aromatic heterocycles. The molecule has 29 heavy (non-hydrogen) atoms. The number of rotatable bonds is 13. The van der Waals surface area contributed by atoms with Gasteiger partial charge in [-0.3, -0.25) is 0 Å². The van der Waals surface area contributed by atoms with Crippen LogP contribution in [0.2, 0.25) is 13.1 Å². The fraction of sp³-hybridized carbons (Fsp3) is 0.607. The molecule has 0 nitrogen and oxygen atoms in total. The molecule has 0 bridgehead atoms. The van der Waals surface area contributed by atoms with Crippen molar-refractivity contribution in [1.82, 2.24) is 0 Å². The van der Waals surface area contributed by atoms with Crippen LogP contribution in [0, 0.1) is 11.5 Å². The average molecular weight is 410 g/mol. The molecule has 0 atom stereocenters. The Morgan fingerprint density at radius 3 is 1.72 bits per heavy atom. The Labute approximate surface area is 182 Å². The maximum Gasteiger partial charge on any atom is 0.0958 e. The third kappa shape index (κ3) is 7.28. The summed E-state index contributed by atoms with van der Waals surface area (Å²) in [6, 6.07) is 7.65. The molecule has 1 heteroatoms. The zero-order chi connectivity index (χ0) is 21.3. The lowest BCUT2D eigenvalue weighted by Gasteiger charge is -2.29. The van der Waals surface area contributed by atoms with Crippen LogP contribution in [0.25, 0.3) is 0 Å². The van der Waals surface area contributed by atoms with E-state index >= 15 is 0 Å². The molecule has 0 heterocycles. The minimum Gasteiger partial charge on any atom is -0.0757 e. The zero-order valence-electron chi connectivity index (χ0n) is 20.1. The maximum atomic E-state index is 2.57. The van der Waals surface area contributed by atoms with Crippen LogP contribution in [-0.4, -0.2) is 8.07 Å². The fourth-order valence-corrected chi connectivity index (χ4v) is 6.75. The SMILES string of the molecule is CCCCCCc1cc(CCCCCC)cc([Si](C)(C)[C]2C=CC(C(C)C)=C2)c1. The van der Waals surface area contributed by atoms with Crippen molar-refractivity contribution in [2.45, 2.75) is 105 Å². The van der Waals surface area contributed by atoms with Crippen molar-refractivity contribution in [3.05, 3.63) is 58.7 Å². The number of benzene rings is 1. The summed E-state index contributed by atoms with van der Waals surface area (Å²) >= 11 is 0. The van der Waals surface area contributed by atoms with Crippen LogP contribution in [0.4, 0.5) is 0 Å². The molecule has 0 spiro atoms. The average Bonchev–Trinajstić information content (AvgIpc) is 3.20. The number of aryl methyl sites for hydroxylation is 2. The normalized spacial score (nSPS) is 14.8. The van der Waals surface area contributed by atoms with Crippen LogP contribution < -0.4 is 5.19 Å². The summed E-state index contributed by atoms with van der Waals surface area (Å²) in [7, 11) is -1.65.